The fraction of sp³-hybridized carbons (Fsp3) is 0.0870. The predicted molar refractivity (Wildman–Crippen MR) is 130 cm³/mol. The number of rotatable bonds is 7. The second-order valence-electron chi connectivity index (χ2n) is 7.36. The zero-order valence-electron chi connectivity index (χ0n) is 18.4. The quantitative estimate of drug-likeness (QED) is 0.365. The lowest BCUT2D eigenvalue weighted by molar-refractivity contribution is -0.123. The van der Waals surface area contributed by atoms with E-state index in [1.54, 1.807) is 18.2 Å². The van der Waals surface area contributed by atoms with Crippen LogP contribution in [-0.2, 0) is 4.79 Å². The third-order valence-corrected chi connectivity index (χ3v) is 5.49. The number of anilines is 1. The molecule has 10 nitrogen and oxygen atoms in total. The van der Waals surface area contributed by atoms with Gasteiger partial charge >= 0.3 is 5.97 Å². The van der Waals surface area contributed by atoms with E-state index in [1.165, 1.54) is 42.3 Å². The summed E-state index contributed by atoms with van der Waals surface area (Å²) in [5, 5.41) is 19.4. The minimum atomic E-state index is -2.41. The van der Waals surface area contributed by atoms with E-state index in [1.807, 2.05) is 0 Å². The van der Waals surface area contributed by atoms with Gasteiger partial charge in [-0.25, -0.2) is 13.9 Å². The smallest absolute Gasteiger partial charge is 0.335 e. The van der Waals surface area contributed by atoms with Gasteiger partial charge in [0.2, 0.25) is 0 Å². The van der Waals surface area contributed by atoms with Gasteiger partial charge in [0.25, 0.3) is 17.8 Å². The molecular formula is C23H16Cl2FN5O5. The monoisotopic (exact) mass is 531 g/mol. The van der Waals surface area contributed by atoms with Crippen LogP contribution < -0.4 is 15.6 Å². The lowest BCUT2D eigenvalue weighted by Gasteiger charge is -2.17. The Labute approximate surface area is 212 Å². The van der Waals surface area contributed by atoms with Crippen molar-refractivity contribution >= 4 is 40.8 Å². The Morgan fingerprint density at radius 3 is 2.42 bits per heavy atom. The van der Waals surface area contributed by atoms with E-state index < -0.39 is 23.7 Å². The van der Waals surface area contributed by atoms with Crippen LogP contribution in [0.5, 0.6) is 5.75 Å². The standard InChI is InChI=1S/C23H16Cl2FN5O5/c1-36-18-10-30(21(26)22(33)27-14-5-2-12(3-6-14)23(34)35)20(32)9-16(18)15-8-13(24)4-7-17(15)31-11-19(25)28-29-31/h2-11,21H,1H3,(H,27,33)(H,34,35). The number of halogens is 3. The van der Waals surface area contributed by atoms with Crippen LogP contribution in [0, 0.1) is 0 Å². The van der Waals surface area contributed by atoms with Crippen LogP contribution in [0.15, 0.2) is 65.7 Å². The predicted octanol–water partition coefficient (Wildman–Crippen LogP) is 4.22. The number of alkyl halides is 1. The highest BCUT2D eigenvalue weighted by Gasteiger charge is 2.24. The van der Waals surface area contributed by atoms with Gasteiger partial charge in [0.05, 0.1) is 30.8 Å². The largest absolute Gasteiger partial charge is 0.495 e. The van der Waals surface area contributed by atoms with E-state index in [2.05, 4.69) is 15.6 Å². The average Bonchev–Trinajstić information content (AvgIpc) is 3.29. The fourth-order valence-corrected chi connectivity index (χ4v) is 3.69. The lowest BCUT2D eigenvalue weighted by atomic mass is 10.0. The van der Waals surface area contributed by atoms with Crippen LogP contribution in [0.2, 0.25) is 10.2 Å². The number of aromatic carboxylic acids is 1. The van der Waals surface area contributed by atoms with Gasteiger partial charge in [0.15, 0.2) is 5.15 Å². The molecule has 0 spiro atoms. The maximum atomic E-state index is 15.1. The van der Waals surface area contributed by atoms with Crippen LogP contribution in [-0.4, -0.2) is 43.7 Å². The summed E-state index contributed by atoms with van der Waals surface area (Å²) in [6.45, 7) is 0. The van der Waals surface area contributed by atoms with Crippen molar-refractivity contribution in [3.05, 3.63) is 87.0 Å². The molecule has 1 unspecified atom stereocenters. The first-order chi connectivity index (χ1) is 17.2. The molecule has 0 radical (unpaired) electrons. The molecule has 2 N–H and O–H groups in total. The minimum Gasteiger partial charge on any atom is -0.495 e. The van der Waals surface area contributed by atoms with Crippen molar-refractivity contribution in [2.75, 3.05) is 12.4 Å². The molecule has 4 aromatic rings. The molecule has 13 heteroatoms. The molecule has 0 fully saturated rings. The molecule has 2 heterocycles. The van der Waals surface area contributed by atoms with Gasteiger partial charge < -0.3 is 15.2 Å². The molecular weight excluding hydrogens is 516 g/mol. The van der Waals surface area contributed by atoms with Gasteiger partial charge in [-0.1, -0.05) is 28.4 Å². The Hall–Kier alpha value is -4.22. The number of hydrogen-bond donors (Lipinski definition) is 2. The van der Waals surface area contributed by atoms with Crippen LogP contribution in [0.25, 0.3) is 16.8 Å². The number of carboxylic acid groups (broad SMARTS) is 1. The molecule has 0 aliphatic rings. The lowest BCUT2D eigenvalue weighted by Crippen LogP contribution is -2.30. The Morgan fingerprint density at radius 2 is 1.81 bits per heavy atom. The highest BCUT2D eigenvalue weighted by atomic mass is 35.5. The van der Waals surface area contributed by atoms with Crippen molar-refractivity contribution in [2.24, 2.45) is 0 Å². The van der Waals surface area contributed by atoms with E-state index in [-0.39, 0.29) is 27.7 Å². The van der Waals surface area contributed by atoms with Gasteiger partial charge in [0, 0.05) is 27.9 Å². The summed E-state index contributed by atoms with van der Waals surface area (Å²) >= 11 is 12.1. The number of carbonyl (C=O) groups excluding carboxylic acids is 1. The number of carboxylic acids is 1. The highest BCUT2D eigenvalue weighted by Crippen LogP contribution is 2.35. The zero-order chi connectivity index (χ0) is 26.0. The number of amides is 1. The van der Waals surface area contributed by atoms with Gasteiger partial charge in [-0.2, -0.15) is 0 Å². The molecule has 2 aromatic heterocycles. The van der Waals surface area contributed by atoms with Crippen molar-refractivity contribution in [3.8, 4) is 22.6 Å². The second-order valence-corrected chi connectivity index (χ2v) is 8.18. The number of pyridine rings is 1. The van der Waals surface area contributed by atoms with Crippen LogP contribution in [0.4, 0.5) is 10.1 Å². The number of nitrogens with one attached hydrogen (secondary N) is 1. The van der Waals surface area contributed by atoms with Gasteiger partial charge in [-0.3, -0.25) is 14.2 Å². The minimum absolute atomic E-state index is 0.00473. The summed E-state index contributed by atoms with van der Waals surface area (Å²) in [5.74, 6) is -2.22. The molecule has 0 aliphatic carbocycles. The van der Waals surface area contributed by atoms with Crippen molar-refractivity contribution in [1.29, 1.82) is 0 Å². The van der Waals surface area contributed by atoms with E-state index in [0.717, 1.165) is 12.3 Å². The normalized spacial score (nSPS) is 11.7. The number of benzene rings is 2. The molecule has 0 bridgehead atoms. The SMILES string of the molecule is COc1cn(C(F)C(=O)Nc2ccc(C(=O)O)cc2)c(=O)cc1-c1cc(Cl)ccc1-n1cc(Cl)nn1. The number of hydrogen-bond acceptors (Lipinski definition) is 6. The molecule has 2 aromatic carbocycles. The maximum Gasteiger partial charge on any atom is 0.335 e. The van der Waals surface area contributed by atoms with Crippen LogP contribution in [0.1, 0.15) is 16.7 Å². The highest BCUT2D eigenvalue weighted by molar-refractivity contribution is 6.31. The number of ether oxygens (including phenoxy) is 1. The summed E-state index contributed by atoms with van der Waals surface area (Å²) in [5.41, 5.74) is 0.461. The topological polar surface area (TPSA) is 128 Å². The number of methoxy groups -OCH3 is 1. The molecule has 0 saturated carbocycles. The Morgan fingerprint density at radius 1 is 1.08 bits per heavy atom. The Balaban J connectivity index is 1.69. The fourth-order valence-electron chi connectivity index (χ4n) is 3.39. The summed E-state index contributed by atoms with van der Waals surface area (Å²) < 4.78 is 22.4. The van der Waals surface area contributed by atoms with E-state index in [0.29, 0.717) is 20.8 Å². The molecule has 184 valence electrons. The average molecular weight is 532 g/mol. The van der Waals surface area contributed by atoms with Gasteiger partial charge in [-0.15, -0.1) is 5.10 Å². The number of carbonyl (C=O) groups is 2. The van der Waals surface area contributed by atoms with E-state index >= 15 is 4.39 Å². The molecule has 0 saturated heterocycles. The first kappa shape index (κ1) is 24.9. The van der Waals surface area contributed by atoms with E-state index in [9.17, 15) is 14.4 Å². The summed E-state index contributed by atoms with van der Waals surface area (Å²) in [6, 6.07) is 11.0. The molecule has 0 aliphatic heterocycles. The number of nitrogens with zero attached hydrogens (tertiary/aromatic N) is 4. The molecule has 1 amide bonds. The zero-order valence-corrected chi connectivity index (χ0v) is 19.9. The van der Waals surface area contributed by atoms with Crippen molar-refractivity contribution in [1.82, 2.24) is 19.6 Å². The Kier molecular flexibility index (Phi) is 7.04. The second kappa shape index (κ2) is 10.2. The third-order valence-electron chi connectivity index (χ3n) is 5.08. The summed E-state index contributed by atoms with van der Waals surface area (Å²) in [6.07, 6.45) is 0.106. The summed E-state index contributed by atoms with van der Waals surface area (Å²) in [4.78, 5) is 36.3. The van der Waals surface area contributed by atoms with Crippen LogP contribution >= 0.6 is 23.2 Å². The molecule has 1 atom stereocenters. The van der Waals surface area contributed by atoms with Crippen molar-refractivity contribution < 1.29 is 23.8 Å². The molecule has 4 rings (SSSR count). The van der Waals surface area contributed by atoms with Crippen LogP contribution in [0.3, 0.4) is 0 Å². The third kappa shape index (κ3) is 5.07. The first-order valence-electron chi connectivity index (χ1n) is 10.1. The maximum absolute atomic E-state index is 15.1. The van der Waals surface area contributed by atoms with Crippen molar-refractivity contribution in [2.45, 2.75) is 6.30 Å². The first-order valence-corrected chi connectivity index (χ1v) is 10.9. The molecule has 36 heavy (non-hydrogen) atoms. The Bertz CT molecular complexity index is 1520. The van der Waals surface area contributed by atoms with Gasteiger partial charge in [-0.05, 0) is 42.5 Å². The van der Waals surface area contributed by atoms with Crippen molar-refractivity contribution in [3.63, 3.8) is 0 Å². The summed E-state index contributed by atoms with van der Waals surface area (Å²) in [7, 11) is 1.32. The van der Waals surface area contributed by atoms with Gasteiger partial charge in [0.1, 0.15) is 5.75 Å². The van der Waals surface area contributed by atoms with E-state index in [4.69, 9.17) is 33.0 Å². The number of aromatic nitrogens is 4.